The predicted molar refractivity (Wildman–Crippen MR) is 82.1 cm³/mol. The van der Waals surface area contributed by atoms with Crippen molar-refractivity contribution in [3.8, 4) is 0 Å². The predicted octanol–water partition coefficient (Wildman–Crippen LogP) is 4.88. The van der Waals surface area contributed by atoms with Crippen LogP contribution in [0.15, 0.2) is 0 Å². The Labute approximate surface area is 112 Å². The molecule has 3 heteroatoms. The third kappa shape index (κ3) is 3.33. The lowest BCUT2D eigenvalue weighted by atomic mass is 10.2. The van der Waals surface area contributed by atoms with Gasteiger partial charge in [-0.15, -0.1) is 0 Å². The van der Waals surface area contributed by atoms with Gasteiger partial charge in [-0.1, -0.05) is 64.0 Å². The number of halogens is 1. The first-order valence-electron chi connectivity index (χ1n) is 6.25. The average molecular weight is 308 g/mol. The van der Waals surface area contributed by atoms with E-state index in [2.05, 4.69) is 75.6 Å². The highest BCUT2D eigenvalue weighted by atomic mass is 79.9. The third-order valence-electron chi connectivity index (χ3n) is 4.31. The first kappa shape index (κ1) is 16.7. The van der Waals surface area contributed by atoms with Crippen LogP contribution in [0.4, 0.5) is 0 Å². The van der Waals surface area contributed by atoms with Crippen molar-refractivity contribution >= 4 is 24.2 Å². The third-order valence-corrected chi connectivity index (χ3v) is 12.5. The number of hydrogen-bond acceptors (Lipinski definition) is 1. The molecule has 16 heavy (non-hydrogen) atoms. The van der Waals surface area contributed by atoms with E-state index in [0.717, 1.165) is 5.33 Å². The number of hydrogen-bond donors (Lipinski definition) is 0. The molecule has 0 fully saturated rings. The van der Waals surface area contributed by atoms with E-state index < -0.39 is 8.24 Å². The molecule has 0 heterocycles. The van der Waals surface area contributed by atoms with Crippen LogP contribution in [-0.4, -0.2) is 31.7 Å². The molecule has 0 aliphatic heterocycles. The summed E-state index contributed by atoms with van der Waals surface area (Å²) >= 11 is 3.53. The second-order valence-corrected chi connectivity index (χ2v) is 13.7. The van der Waals surface area contributed by atoms with E-state index in [0.29, 0.717) is 10.1 Å². The molecule has 0 N–H and O–H groups in total. The van der Waals surface area contributed by atoms with Crippen LogP contribution in [0.1, 0.15) is 48.0 Å². The molecule has 0 spiro atoms. The first-order chi connectivity index (χ1) is 6.98. The summed E-state index contributed by atoms with van der Waals surface area (Å²) in [6.45, 7) is 18.2. The molecule has 0 bridgehead atoms. The Morgan fingerprint density at radius 3 is 1.62 bits per heavy atom. The molecular weight excluding hydrogens is 278 g/mol. The minimum atomic E-state index is -1.48. The lowest BCUT2D eigenvalue weighted by Crippen LogP contribution is -2.61. The van der Waals surface area contributed by atoms with Crippen LogP contribution in [0, 0.1) is 0 Å². The zero-order valence-corrected chi connectivity index (χ0v) is 15.0. The van der Waals surface area contributed by atoms with E-state index in [4.69, 9.17) is 0 Å². The van der Waals surface area contributed by atoms with Crippen molar-refractivity contribution in [1.82, 2.24) is 4.57 Å². The van der Waals surface area contributed by atoms with Gasteiger partial charge in [0.15, 0.2) is 0 Å². The van der Waals surface area contributed by atoms with Crippen LogP contribution in [0.25, 0.3) is 0 Å². The van der Waals surface area contributed by atoms with Gasteiger partial charge in [-0.25, -0.2) is 0 Å². The van der Waals surface area contributed by atoms with Crippen molar-refractivity contribution in [2.45, 2.75) is 64.6 Å². The highest BCUT2D eigenvalue weighted by Crippen LogP contribution is 2.52. The van der Waals surface area contributed by atoms with Crippen molar-refractivity contribution < 1.29 is 0 Å². The summed E-state index contributed by atoms with van der Waals surface area (Å²) in [4.78, 5) is 0. The summed E-state index contributed by atoms with van der Waals surface area (Å²) in [5, 5.41) is 1.93. The molecule has 0 saturated carbocycles. The summed E-state index contributed by atoms with van der Waals surface area (Å²) in [6.07, 6.45) is 1.24. The van der Waals surface area contributed by atoms with Crippen molar-refractivity contribution in [3.63, 3.8) is 0 Å². The Morgan fingerprint density at radius 2 is 1.38 bits per heavy atom. The Morgan fingerprint density at radius 1 is 1.00 bits per heavy atom. The van der Waals surface area contributed by atoms with Crippen molar-refractivity contribution in [1.29, 1.82) is 0 Å². The fraction of sp³-hybridized carbons (Fsp3) is 1.00. The van der Waals surface area contributed by atoms with Crippen LogP contribution in [-0.2, 0) is 0 Å². The zero-order valence-electron chi connectivity index (χ0n) is 12.4. The minimum Gasteiger partial charge on any atom is -0.326 e. The van der Waals surface area contributed by atoms with E-state index in [1.807, 2.05) is 0 Å². The van der Waals surface area contributed by atoms with Gasteiger partial charge in [-0.05, 0) is 30.1 Å². The Bertz CT molecular complexity index is 201. The van der Waals surface area contributed by atoms with Crippen LogP contribution >= 0.6 is 15.9 Å². The summed E-state index contributed by atoms with van der Waals surface area (Å²) in [6, 6.07) is 0. The average Bonchev–Trinajstić information content (AvgIpc) is 2.08. The lowest BCUT2D eigenvalue weighted by Gasteiger charge is -2.54. The fourth-order valence-electron chi connectivity index (χ4n) is 2.79. The maximum atomic E-state index is 3.53. The molecule has 0 radical (unpaired) electrons. The summed E-state index contributed by atoms with van der Waals surface area (Å²) in [7, 11) is 0.844. The molecule has 0 amide bonds. The first-order valence-corrected chi connectivity index (χ1v) is 9.82. The van der Waals surface area contributed by atoms with Gasteiger partial charge in [-0.3, -0.25) is 0 Å². The summed E-state index contributed by atoms with van der Waals surface area (Å²) < 4.78 is 2.67. The number of nitrogens with zero attached hydrogens (tertiary/aromatic N) is 1. The van der Waals surface area contributed by atoms with E-state index in [-0.39, 0.29) is 0 Å². The van der Waals surface area contributed by atoms with Gasteiger partial charge in [0.05, 0.1) is 0 Å². The highest BCUT2D eigenvalue weighted by molar-refractivity contribution is 9.09. The molecule has 1 nitrogen and oxygen atoms in total. The summed E-state index contributed by atoms with van der Waals surface area (Å²) in [5.74, 6) is 0. The molecule has 0 aliphatic rings. The second kappa shape index (κ2) is 5.53. The fourth-order valence-corrected chi connectivity index (χ4v) is 8.19. The van der Waals surface area contributed by atoms with Crippen LogP contribution in [0.2, 0.25) is 16.6 Å². The molecule has 0 aromatic carbocycles. The minimum absolute atomic E-state index is 0.409. The van der Waals surface area contributed by atoms with Crippen molar-refractivity contribution in [2.75, 3.05) is 18.9 Å². The molecule has 0 rings (SSSR count). The quantitative estimate of drug-likeness (QED) is 0.528. The number of rotatable bonds is 4. The maximum absolute atomic E-state index is 3.53. The largest absolute Gasteiger partial charge is 0.326 e. The molecule has 0 unspecified atom stereocenters. The molecule has 98 valence electrons. The molecular formula is C13H30BrNSi. The molecule has 0 aliphatic carbocycles. The van der Waals surface area contributed by atoms with Gasteiger partial charge in [-0.2, -0.15) is 0 Å². The monoisotopic (exact) mass is 307 g/mol. The molecule has 0 saturated heterocycles. The molecule has 0 atom stereocenters. The summed E-state index contributed by atoms with van der Waals surface area (Å²) in [5.41, 5.74) is 0. The normalized spacial score (nSPS) is 14.6. The second-order valence-electron chi connectivity index (χ2n) is 7.04. The van der Waals surface area contributed by atoms with Gasteiger partial charge in [0.1, 0.15) is 8.24 Å². The molecule has 0 aromatic heterocycles. The van der Waals surface area contributed by atoms with Gasteiger partial charge in [0.25, 0.3) is 0 Å². The Balaban J connectivity index is 5.10. The highest BCUT2D eigenvalue weighted by Gasteiger charge is 2.51. The van der Waals surface area contributed by atoms with Crippen LogP contribution < -0.4 is 0 Å². The van der Waals surface area contributed by atoms with Crippen LogP contribution in [0.3, 0.4) is 0 Å². The van der Waals surface area contributed by atoms with Gasteiger partial charge in [0.2, 0.25) is 0 Å². The molecule has 0 aromatic rings. The Kier molecular flexibility index (Phi) is 5.76. The van der Waals surface area contributed by atoms with Crippen molar-refractivity contribution in [3.05, 3.63) is 0 Å². The maximum Gasteiger partial charge on any atom is 0.135 e. The standard InChI is InChI=1S/C13H30BrNSi/c1-12(2,3)16(8,13(4,5)6)15(7)11-9-10-14/h9-11H2,1-8H3. The van der Waals surface area contributed by atoms with E-state index in [1.165, 1.54) is 13.0 Å². The SMILES string of the molecule is CN(CCCBr)[Si](C)(C(C)(C)C)C(C)(C)C. The van der Waals surface area contributed by atoms with Gasteiger partial charge >= 0.3 is 0 Å². The lowest BCUT2D eigenvalue weighted by molar-refractivity contribution is 0.424. The van der Waals surface area contributed by atoms with Gasteiger partial charge in [0, 0.05) is 5.33 Å². The van der Waals surface area contributed by atoms with E-state index in [1.54, 1.807) is 0 Å². The van der Waals surface area contributed by atoms with E-state index >= 15 is 0 Å². The van der Waals surface area contributed by atoms with Crippen molar-refractivity contribution in [2.24, 2.45) is 0 Å². The number of alkyl halides is 1. The van der Waals surface area contributed by atoms with Gasteiger partial charge < -0.3 is 4.57 Å². The topological polar surface area (TPSA) is 3.24 Å². The van der Waals surface area contributed by atoms with Crippen LogP contribution in [0.5, 0.6) is 0 Å². The smallest absolute Gasteiger partial charge is 0.135 e. The zero-order chi connectivity index (χ0) is 13.2. The van der Waals surface area contributed by atoms with E-state index in [9.17, 15) is 0 Å². The Hall–Kier alpha value is 0.657.